The van der Waals surface area contributed by atoms with Crippen LogP contribution in [0.5, 0.6) is 5.75 Å². The highest BCUT2D eigenvalue weighted by Crippen LogP contribution is 2.47. The van der Waals surface area contributed by atoms with E-state index in [2.05, 4.69) is 10.2 Å². The van der Waals surface area contributed by atoms with Crippen molar-refractivity contribution < 1.29 is 23.0 Å². The van der Waals surface area contributed by atoms with Crippen LogP contribution in [0.25, 0.3) is 22.2 Å². The van der Waals surface area contributed by atoms with Crippen molar-refractivity contribution in [3.8, 4) is 17.0 Å². The molecule has 0 unspecified atom stereocenters. The SMILES string of the molecule is CS(=O)(=O)O.O=[N+]([O-])c1ccc2c3c(nn2CCN2CCCC2)-c2cc(O)ccc2Nc13. The number of aromatic hydroxyl groups is 1. The fourth-order valence-electron chi connectivity index (χ4n) is 4.11. The smallest absolute Gasteiger partial charge is 0.293 e. The molecule has 2 aliphatic rings. The van der Waals surface area contributed by atoms with Crippen LogP contribution in [0.15, 0.2) is 30.3 Å². The maximum absolute atomic E-state index is 11.5. The van der Waals surface area contributed by atoms with E-state index in [1.807, 2.05) is 4.68 Å². The van der Waals surface area contributed by atoms with Gasteiger partial charge in [0.1, 0.15) is 17.1 Å². The summed E-state index contributed by atoms with van der Waals surface area (Å²) >= 11 is 0. The number of likely N-dealkylation sites (tertiary alicyclic amines) is 1. The lowest BCUT2D eigenvalue weighted by Gasteiger charge is -2.17. The molecule has 5 rings (SSSR count). The number of fused-ring (bicyclic) bond motifs is 2. The van der Waals surface area contributed by atoms with Crippen LogP contribution in [-0.2, 0) is 16.7 Å². The van der Waals surface area contributed by atoms with Crippen molar-refractivity contribution >= 4 is 38.1 Å². The standard InChI is InChI=1S/C19H19N5O3.CH4O3S/c25-12-3-4-14-13(11-12)18-17-15(5-6-16(24(26)27)19(17)20-14)23(21-18)10-9-22-7-1-2-8-22;1-5(2,3)4/h3-6,11,20,25H,1-2,7-10H2;1H3,(H,2,3,4). The summed E-state index contributed by atoms with van der Waals surface area (Å²) < 4.78 is 27.8. The van der Waals surface area contributed by atoms with Gasteiger partial charge in [-0.2, -0.15) is 13.5 Å². The molecule has 0 saturated carbocycles. The number of hydrogen-bond acceptors (Lipinski definition) is 8. The Morgan fingerprint density at radius 2 is 1.88 bits per heavy atom. The van der Waals surface area contributed by atoms with E-state index in [9.17, 15) is 23.6 Å². The first-order valence-electron chi connectivity index (χ1n) is 10.0. The van der Waals surface area contributed by atoms with Gasteiger partial charge in [-0.1, -0.05) is 0 Å². The highest BCUT2D eigenvalue weighted by atomic mass is 32.2. The molecule has 3 aromatic rings. The molecule has 11 nitrogen and oxygen atoms in total. The average molecular weight is 462 g/mol. The van der Waals surface area contributed by atoms with Gasteiger partial charge < -0.3 is 15.3 Å². The molecule has 170 valence electrons. The molecule has 3 N–H and O–H groups in total. The molecule has 2 aliphatic heterocycles. The molecule has 0 bridgehead atoms. The third-order valence-electron chi connectivity index (χ3n) is 5.44. The number of aromatic nitrogens is 2. The normalized spacial score (nSPS) is 15.1. The molecule has 1 fully saturated rings. The van der Waals surface area contributed by atoms with Gasteiger partial charge in [0.2, 0.25) is 0 Å². The lowest BCUT2D eigenvalue weighted by Crippen LogP contribution is -2.24. The fourth-order valence-corrected chi connectivity index (χ4v) is 4.11. The number of nitrogens with one attached hydrogen (secondary N) is 1. The van der Waals surface area contributed by atoms with Gasteiger partial charge in [-0.3, -0.25) is 19.3 Å². The average Bonchev–Trinajstić information content (AvgIpc) is 3.34. The summed E-state index contributed by atoms with van der Waals surface area (Å²) in [5, 5.41) is 30.1. The molecule has 0 radical (unpaired) electrons. The van der Waals surface area contributed by atoms with Gasteiger partial charge in [0.05, 0.1) is 28.6 Å². The van der Waals surface area contributed by atoms with Crippen LogP contribution in [0.4, 0.5) is 17.1 Å². The van der Waals surface area contributed by atoms with Crippen molar-refractivity contribution in [3.63, 3.8) is 0 Å². The first kappa shape index (κ1) is 22.0. The van der Waals surface area contributed by atoms with Gasteiger partial charge in [-0.05, 0) is 50.2 Å². The lowest BCUT2D eigenvalue weighted by molar-refractivity contribution is -0.383. The Kier molecular flexibility index (Phi) is 5.75. The Bertz CT molecular complexity index is 1290. The fraction of sp³-hybridized carbons (Fsp3) is 0.350. The van der Waals surface area contributed by atoms with Crippen molar-refractivity contribution in [3.05, 3.63) is 40.4 Å². The highest BCUT2D eigenvalue weighted by Gasteiger charge is 2.29. The molecule has 32 heavy (non-hydrogen) atoms. The molecule has 12 heteroatoms. The number of phenolic OH excluding ortho intramolecular Hbond substituents is 1. The molecule has 2 aromatic carbocycles. The van der Waals surface area contributed by atoms with Crippen molar-refractivity contribution in [1.82, 2.24) is 14.7 Å². The van der Waals surface area contributed by atoms with E-state index in [1.165, 1.54) is 18.9 Å². The van der Waals surface area contributed by atoms with E-state index in [0.29, 0.717) is 23.3 Å². The van der Waals surface area contributed by atoms with Crippen LogP contribution >= 0.6 is 0 Å². The molecule has 3 heterocycles. The number of hydrogen-bond donors (Lipinski definition) is 3. The van der Waals surface area contributed by atoms with E-state index in [1.54, 1.807) is 24.3 Å². The summed E-state index contributed by atoms with van der Waals surface area (Å²) in [6.07, 6.45) is 3.18. The molecule has 1 saturated heterocycles. The van der Waals surface area contributed by atoms with E-state index in [0.717, 1.165) is 42.6 Å². The minimum Gasteiger partial charge on any atom is -0.508 e. The number of nitrogens with zero attached hydrogens (tertiary/aromatic N) is 4. The highest BCUT2D eigenvalue weighted by molar-refractivity contribution is 7.85. The number of nitro groups is 1. The van der Waals surface area contributed by atoms with Crippen molar-refractivity contribution in [2.45, 2.75) is 19.4 Å². The van der Waals surface area contributed by atoms with Gasteiger partial charge in [-0.25, -0.2) is 0 Å². The monoisotopic (exact) mass is 461 g/mol. The molecule has 1 aromatic heterocycles. The maximum atomic E-state index is 11.5. The second-order valence-corrected chi connectivity index (χ2v) is 9.29. The first-order chi connectivity index (χ1) is 15.1. The Balaban J connectivity index is 0.000000444. The van der Waals surface area contributed by atoms with Crippen LogP contribution in [0.1, 0.15) is 12.8 Å². The number of phenols is 1. The molecular formula is C20H23N5O6S. The largest absolute Gasteiger partial charge is 0.508 e. The second kappa shape index (κ2) is 8.37. The number of nitro benzene ring substituents is 1. The zero-order valence-electron chi connectivity index (χ0n) is 17.4. The van der Waals surface area contributed by atoms with E-state index < -0.39 is 10.1 Å². The van der Waals surface area contributed by atoms with Crippen molar-refractivity contribution in [2.75, 3.05) is 31.2 Å². The van der Waals surface area contributed by atoms with Gasteiger partial charge in [0.15, 0.2) is 0 Å². The quantitative estimate of drug-likeness (QED) is 0.180. The topological polar surface area (TPSA) is 151 Å². The molecule has 0 amide bonds. The summed E-state index contributed by atoms with van der Waals surface area (Å²) in [7, 11) is -3.67. The number of anilines is 2. The first-order valence-corrected chi connectivity index (χ1v) is 11.9. The number of benzene rings is 2. The van der Waals surface area contributed by atoms with Crippen LogP contribution in [0.2, 0.25) is 0 Å². The van der Waals surface area contributed by atoms with Gasteiger partial charge in [0, 0.05) is 23.9 Å². The number of rotatable bonds is 4. The third-order valence-corrected chi connectivity index (χ3v) is 5.44. The Hall–Kier alpha value is -3.22. The summed E-state index contributed by atoms with van der Waals surface area (Å²) in [6, 6.07) is 8.24. The summed E-state index contributed by atoms with van der Waals surface area (Å²) in [5.74, 6) is 0.143. The predicted molar refractivity (Wildman–Crippen MR) is 120 cm³/mol. The van der Waals surface area contributed by atoms with Crippen molar-refractivity contribution in [1.29, 1.82) is 0 Å². The predicted octanol–water partition coefficient (Wildman–Crippen LogP) is 2.97. The third kappa shape index (κ3) is 4.52. The van der Waals surface area contributed by atoms with Crippen LogP contribution in [0.3, 0.4) is 0 Å². The zero-order valence-corrected chi connectivity index (χ0v) is 18.2. The van der Waals surface area contributed by atoms with Gasteiger partial charge in [-0.15, -0.1) is 0 Å². The molecule has 0 spiro atoms. The van der Waals surface area contributed by atoms with E-state index >= 15 is 0 Å². The van der Waals surface area contributed by atoms with E-state index in [4.69, 9.17) is 9.65 Å². The molecular weight excluding hydrogens is 438 g/mol. The van der Waals surface area contributed by atoms with Gasteiger partial charge in [0.25, 0.3) is 15.8 Å². The molecule has 0 atom stereocenters. The zero-order chi connectivity index (χ0) is 23.0. The Labute approximate surface area is 184 Å². The van der Waals surface area contributed by atoms with Crippen LogP contribution in [0, 0.1) is 10.1 Å². The summed E-state index contributed by atoms with van der Waals surface area (Å²) in [5.41, 5.74) is 3.51. The Morgan fingerprint density at radius 1 is 1.19 bits per heavy atom. The lowest BCUT2D eigenvalue weighted by atomic mass is 9.99. The van der Waals surface area contributed by atoms with Gasteiger partial charge >= 0.3 is 0 Å². The summed E-state index contributed by atoms with van der Waals surface area (Å²) in [4.78, 5) is 13.6. The van der Waals surface area contributed by atoms with Crippen LogP contribution in [-0.4, -0.2) is 63.6 Å². The van der Waals surface area contributed by atoms with Crippen LogP contribution < -0.4 is 5.32 Å². The Morgan fingerprint density at radius 3 is 2.53 bits per heavy atom. The minimum absolute atomic E-state index is 0.0292. The molecule has 0 aliphatic carbocycles. The minimum atomic E-state index is -3.67. The second-order valence-electron chi connectivity index (χ2n) is 7.82. The van der Waals surface area contributed by atoms with Crippen molar-refractivity contribution in [2.24, 2.45) is 0 Å². The maximum Gasteiger partial charge on any atom is 0.293 e. The summed E-state index contributed by atoms with van der Waals surface area (Å²) in [6.45, 7) is 3.85. The van der Waals surface area contributed by atoms with E-state index in [-0.39, 0.29) is 16.4 Å².